The van der Waals surface area contributed by atoms with E-state index in [1.807, 2.05) is 18.2 Å². The van der Waals surface area contributed by atoms with E-state index in [0.717, 1.165) is 42.5 Å². The minimum absolute atomic E-state index is 0.385. The Morgan fingerprint density at radius 3 is 2.82 bits per heavy atom. The van der Waals surface area contributed by atoms with Crippen molar-refractivity contribution in [2.75, 3.05) is 7.11 Å². The summed E-state index contributed by atoms with van der Waals surface area (Å²) < 4.78 is 11.1. The van der Waals surface area contributed by atoms with E-state index in [1.165, 1.54) is 0 Å². The van der Waals surface area contributed by atoms with E-state index in [-0.39, 0.29) is 5.54 Å². The molecule has 0 spiro atoms. The number of rotatable bonds is 2. The molecule has 0 unspecified atom stereocenters. The van der Waals surface area contributed by atoms with Crippen molar-refractivity contribution in [3.05, 3.63) is 24.1 Å². The van der Waals surface area contributed by atoms with Gasteiger partial charge in [0.2, 0.25) is 5.89 Å². The fourth-order valence-corrected chi connectivity index (χ4v) is 2.52. The number of ether oxygens (including phenoxy) is 1. The van der Waals surface area contributed by atoms with Crippen molar-refractivity contribution in [2.24, 2.45) is 5.73 Å². The highest BCUT2D eigenvalue weighted by Crippen LogP contribution is 2.38. The Hall–Kier alpha value is -1.55. The van der Waals surface area contributed by atoms with E-state index in [9.17, 15) is 0 Å². The smallest absolute Gasteiger partial charge is 0.215 e. The Kier molecular flexibility index (Phi) is 2.33. The number of methoxy groups -OCH3 is 1. The average Bonchev–Trinajstić information content (AvgIpc) is 2.95. The Morgan fingerprint density at radius 1 is 1.35 bits per heavy atom. The molecule has 3 rings (SSSR count). The predicted octanol–water partition coefficient (Wildman–Crippen LogP) is 2.56. The SMILES string of the molecule is COc1cccc2oc(C3(N)CCCC3)nc12. The maximum atomic E-state index is 6.34. The molecule has 0 amide bonds. The second kappa shape index (κ2) is 3.74. The van der Waals surface area contributed by atoms with Gasteiger partial charge in [0.15, 0.2) is 11.1 Å². The van der Waals surface area contributed by atoms with E-state index in [4.69, 9.17) is 14.9 Å². The Labute approximate surface area is 99.8 Å². The Bertz CT molecular complexity index is 541. The Balaban J connectivity index is 2.13. The van der Waals surface area contributed by atoms with Gasteiger partial charge in [-0.25, -0.2) is 4.98 Å². The van der Waals surface area contributed by atoms with Crippen molar-refractivity contribution >= 4 is 11.1 Å². The first-order valence-corrected chi connectivity index (χ1v) is 5.96. The molecule has 0 saturated heterocycles. The van der Waals surface area contributed by atoms with Crippen LogP contribution in [0.1, 0.15) is 31.6 Å². The molecule has 2 aromatic rings. The first kappa shape index (κ1) is 10.6. The predicted molar refractivity (Wildman–Crippen MR) is 64.9 cm³/mol. The largest absolute Gasteiger partial charge is 0.494 e. The van der Waals surface area contributed by atoms with Gasteiger partial charge in [-0.3, -0.25) is 0 Å². The summed E-state index contributed by atoms with van der Waals surface area (Å²) in [5.74, 6) is 1.38. The minimum atomic E-state index is -0.385. The zero-order valence-corrected chi connectivity index (χ0v) is 9.90. The van der Waals surface area contributed by atoms with Crippen LogP contribution in [0.25, 0.3) is 11.1 Å². The van der Waals surface area contributed by atoms with Crippen LogP contribution >= 0.6 is 0 Å². The van der Waals surface area contributed by atoms with Crippen molar-refractivity contribution in [1.29, 1.82) is 0 Å². The summed E-state index contributed by atoms with van der Waals surface area (Å²) in [5.41, 5.74) is 7.47. The zero-order chi connectivity index (χ0) is 11.9. The molecule has 4 nitrogen and oxygen atoms in total. The topological polar surface area (TPSA) is 61.3 Å². The van der Waals surface area contributed by atoms with Crippen LogP contribution in [-0.4, -0.2) is 12.1 Å². The second-order valence-corrected chi connectivity index (χ2v) is 4.69. The highest BCUT2D eigenvalue weighted by molar-refractivity contribution is 5.79. The van der Waals surface area contributed by atoms with E-state index < -0.39 is 0 Å². The normalized spacial score (nSPS) is 18.7. The van der Waals surface area contributed by atoms with Crippen molar-refractivity contribution < 1.29 is 9.15 Å². The number of fused-ring (bicyclic) bond motifs is 1. The molecule has 0 radical (unpaired) electrons. The van der Waals surface area contributed by atoms with Crippen LogP contribution in [0.5, 0.6) is 5.75 Å². The number of oxazole rings is 1. The van der Waals surface area contributed by atoms with Gasteiger partial charge in [-0.2, -0.15) is 0 Å². The van der Waals surface area contributed by atoms with Crippen molar-refractivity contribution in [3.8, 4) is 5.75 Å². The van der Waals surface area contributed by atoms with Gasteiger partial charge in [-0.1, -0.05) is 18.9 Å². The van der Waals surface area contributed by atoms with E-state index in [1.54, 1.807) is 7.11 Å². The molecule has 0 aliphatic heterocycles. The molecule has 90 valence electrons. The number of nitrogens with two attached hydrogens (primary N) is 1. The van der Waals surface area contributed by atoms with Crippen LogP contribution < -0.4 is 10.5 Å². The van der Waals surface area contributed by atoms with Crippen LogP contribution in [-0.2, 0) is 5.54 Å². The lowest BCUT2D eigenvalue weighted by Gasteiger charge is -2.18. The average molecular weight is 232 g/mol. The van der Waals surface area contributed by atoms with Crippen LogP contribution in [0.2, 0.25) is 0 Å². The van der Waals surface area contributed by atoms with Gasteiger partial charge < -0.3 is 14.9 Å². The van der Waals surface area contributed by atoms with Crippen molar-refractivity contribution in [1.82, 2.24) is 4.98 Å². The third kappa shape index (κ3) is 1.60. The highest BCUT2D eigenvalue weighted by atomic mass is 16.5. The quantitative estimate of drug-likeness (QED) is 0.864. The number of benzene rings is 1. The van der Waals surface area contributed by atoms with Crippen LogP contribution in [0.3, 0.4) is 0 Å². The number of hydrogen-bond acceptors (Lipinski definition) is 4. The van der Waals surface area contributed by atoms with Crippen molar-refractivity contribution in [2.45, 2.75) is 31.2 Å². The maximum absolute atomic E-state index is 6.34. The van der Waals surface area contributed by atoms with Gasteiger partial charge in [-0.15, -0.1) is 0 Å². The Morgan fingerprint density at radius 2 is 2.12 bits per heavy atom. The van der Waals surface area contributed by atoms with Crippen molar-refractivity contribution in [3.63, 3.8) is 0 Å². The number of hydrogen-bond donors (Lipinski definition) is 1. The lowest BCUT2D eigenvalue weighted by Crippen LogP contribution is -2.33. The molecule has 2 N–H and O–H groups in total. The van der Waals surface area contributed by atoms with E-state index >= 15 is 0 Å². The van der Waals surface area contributed by atoms with Gasteiger partial charge in [-0.05, 0) is 25.0 Å². The molecule has 1 aliphatic rings. The number of para-hydroxylation sites is 1. The molecular formula is C13H16N2O2. The van der Waals surface area contributed by atoms with Crippen LogP contribution in [0.4, 0.5) is 0 Å². The summed E-state index contributed by atoms with van der Waals surface area (Å²) in [6, 6.07) is 5.67. The lowest BCUT2D eigenvalue weighted by atomic mass is 10.00. The zero-order valence-electron chi connectivity index (χ0n) is 9.90. The summed E-state index contributed by atoms with van der Waals surface area (Å²) in [5, 5.41) is 0. The molecule has 1 saturated carbocycles. The number of aromatic nitrogens is 1. The first-order chi connectivity index (χ1) is 8.23. The van der Waals surface area contributed by atoms with Gasteiger partial charge in [0.05, 0.1) is 12.6 Å². The fraction of sp³-hybridized carbons (Fsp3) is 0.462. The molecule has 1 fully saturated rings. The van der Waals surface area contributed by atoms with E-state index in [2.05, 4.69) is 4.98 Å². The summed E-state index contributed by atoms with van der Waals surface area (Å²) in [6.45, 7) is 0. The van der Waals surface area contributed by atoms with Gasteiger partial charge in [0, 0.05) is 0 Å². The molecule has 17 heavy (non-hydrogen) atoms. The summed E-state index contributed by atoms with van der Waals surface area (Å²) in [7, 11) is 1.64. The van der Waals surface area contributed by atoms with Gasteiger partial charge in [0.1, 0.15) is 5.75 Å². The highest BCUT2D eigenvalue weighted by Gasteiger charge is 2.36. The van der Waals surface area contributed by atoms with Gasteiger partial charge >= 0.3 is 0 Å². The second-order valence-electron chi connectivity index (χ2n) is 4.69. The molecule has 1 heterocycles. The number of nitrogens with zero attached hydrogens (tertiary/aromatic N) is 1. The summed E-state index contributed by atoms with van der Waals surface area (Å²) >= 11 is 0. The van der Waals surface area contributed by atoms with Gasteiger partial charge in [0.25, 0.3) is 0 Å². The van der Waals surface area contributed by atoms with Crippen LogP contribution in [0.15, 0.2) is 22.6 Å². The standard InChI is InChI=1S/C13H16N2O2/c1-16-9-5-4-6-10-11(9)15-12(17-10)13(14)7-2-3-8-13/h4-6H,2-3,7-8,14H2,1H3. The third-order valence-corrected chi connectivity index (χ3v) is 3.52. The molecule has 1 aliphatic carbocycles. The molecule has 1 aromatic heterocycles. The van der Waals surface area contributed by atoms with E-state index in [0.29, 0.717) is 5.89 Å². The lowest BCUT2D eigenvalue weighted by molar-refractivity contribution is 0.346. The fourth-order valence-electron chi connectivity index (χ4n) is 2.52. The third-order valence-electron chi connectivity index (χ3n) is 3.52. The minimum Gasteiger partial charge on any atom is -0.494 e. The summed E-state index contributed by atoms with van der Waals surface area (Å²) in [4.78, 5) is 4.52. The monoisotopic (exact) mass is 232 g/mol. The molecule has 4 heteroatoms. The van der Waals surface area contributed by atoms with Crippen LogP contribution in [0, 0.1) is 0 Å². The molecular weight excluding hydrogens is 216 g/mol. The summed E-state index contributed by atoms with van der Waals surface area (Å²) in [6.07, 6.45) is 4.18. The molecule has 0 atom stereocenters. The maximum Gasteiger partial charge on any atom is 0.215 e. The molecule has 1 aromatic carbocycles. The first-order valence-electron chi connectivity index (χ1n) is 5.96. The molecule has 0 bridgehead atoms.